The number of amides is 1. The van der Waals surface area contributed by atoms with Crippen LogP contribution >= 0.6 is 23.6 Å². The Bertz CT molecular complexity index is 1000. The standard InChI is InChI=1S/C19H20N6OS2/c26-15(24-25-19(27)23-12-6-2-1-3-7-12)10-20-17-16-13-8-4-5-9-14(13)28-18(16)22-11-21-17/h1-3,6-7,11H,4-5,8-10H2,(H,24,26)(H,20,21,22)(H2,23,25,27). The van der Waals surface area contributed by atoms with Gasteiger partial charge in [0.05, 0.1) is 11.9 Å². The van der Waals surface area contributed by atoms with Crippen molar-refractivity contribution < 1.29 is 4.79 Å². The maximum absolute atomic E-state index is 12.2. The second-order valence-corrected chi connectivity index (χ2v) is 7.95. The molecule has 1 aliphatic rings. The summed E-state index contributed by atoms with van der Waals surface area (Å²) in [4.78, 5) is 23.3. The van der Waals surface area contributed by atoms with Crippen LogP contribution in [0.2, 0.25) is 0 Å². The Morgan fingerprint density at radius 1 is 1.11 bits per heavy atom. The van der Waals surface area contributed by atoms with Gasteiger partial charge in [0, 0.05) is 10.6 Å². The summed E-state index contributed by atoms with van der Waals surface area (Å²) in [6, 6.07) is 9.50. The predicted molar refractivity (Wildman–Crippen MR) is 116 cm³/mol. The van der Waals surface area contributed by atoms with E-state index < -0.39 is 0 Å². The van der Waals surface area contributed by atoms with Crippen LogP contribution in [0.15, 0.2) is 36.7 Å². The molecular formula is C19H20N6OS2. The molecule has 0 saturated carbocycles. The first kappa shape index (κ1) is 18.6. The van der Waals surface area contributed by atoms with E-state index in [1.807, 2.05) is 30.3 Å². The van der Waals surface area contributed by atoms with Crippen LogP contribution in [0.25, 0.3) is 10.2 Å². The lowest BCUT2D eigenvalue weighted by atomic mass is 9.97. The smallest absolute Gasteiger partial charge is 0.257 e. The Kier molecular flexibility index (Phi) is 5.63. The van der Waals surface area contributed by atoms with Crippen LogP contribution in [0.1, 0.15) is 23.3 Å². The van der Waals surface area contributed by atoms with Gasteiger partial charge in [0.25, 0.3) is 5.91 Å². The number of benzene rings is 1. The molecule has 7 nitrogen and oxygen atoms in total. The Morgan fingerprint density at radius 3 is 2.79 bits per heavy atom. The molecule has 0 unspecified atom stereocenters. The largest absolute Gasteiger partial charge is 0.360 e. The maximum atomic E-state index is 12.2. The van der Waals surface area contributed by atoms with Crippen molar-refractivity contribution in [3.8, 4) is 0 Å². The number of hydrogen-bond acceptors (Lipinski definition) is 6. The van der Waals surface area contributed by atoms with E-state index in [1.165, 1.54) is 23.3 Å². The Labute approximate surface area is 171 Å². The van der Waals surface area contributed by atoms with Gasteiger partial charge < -0.3 is 10.6 Å². The van der Waals surface area contributed by atoms with Crippen molar-refractivity contribution in [3.05, 3.63) is 47.1 Å². The number of rotatable bonds is 4. The number of thiophene rings is 1. The van der Waals surface area contributed by atoms with Crippen molar-refractivity contribution in [2.75, 3.05) is 17.2 Å². The lowest BCUT2D eigenvalue weighted by Gasteiger charge is -2.13. The Morgan fingerprint density at radius 2 is 1.93 bits per heavy atom. The third-order valence-electron chi connectivity index (χ3n) is 4.51. The number of para-hydroxylation sites is 1. The summed E-state index contributed by atoms with van der Waals surface area (Å²) in [6.45, 7) is 0.0810. The highest BCUT2D eigenvalue weighted by atomic mass is 32.1. The van der Waals surface area contributed by atoms with Gasteiger partial charge in [-0.05, 0) is 55.6 Å². The van der Waals surface area contributed by atoms with Gasteiger partial charge in [-0.25, -0.2) is 9.97 Å². The first-order valence-corrected chi connectivity index (χ1v) is 10.3. The van der Waals surface area contributed by atoms with E-state index in [-0.39, 0.29) is 12.5 Å². The van der Waals surface area contributed by atoms with E-state index in [4.69, 9.17) is 12.2 Å². The average Bonchev–Trinajstić information content (AvgIpc) is 3.10. The third-order valence-corrected chi connectivity index (χ3v) is 5.92. The lowest BCUT2D eigenvalue weighted by molar-refractivity contribution is -0.119. The number of nitrogens with one attached hydrogen (secondary N) is 4. The molecule has 1 aromatic carbocycles. The number of aromatic nitrogens is 2. The number of carbonyl (C=O) groups excluding carboxylic acids is 1. The molecule has 0 atom stereocenters. The molecule has 144 valence electrons. The molecule has 0 radical (unpaired) electrons. The zero-order chi connectivity index (χ0) is 19.3. The van der Waals surface area contributed by atoms with Crippen molar-refractivity contribution in [1.29, 1.82) is 0 Å². The highest BCUT2D eigenvalue weighted by Crippen LogP contribution is 2.37. The topological polar surface area (TPSA) is 91.0 Å². The van der Waals surface area contributed by atoms with Gasteiger partial charge in [-0.2, -0.15) is 0 Å². The van der Waals surface area contributed by atoms with E-state index in [0.29, 0.717) is 10.9 Å². The van der Waals surface area contributed by atoms with Crippen LogP contribution in [-0.4, -0.2) is 27.5 Å². The Hall–Kier alpha value is -2.78. The predicted octanol–water partition coefficient (Wildman–Crippen LogP) is 3.00. The van der Waals surface area contributed by atoms with Crippen molar-refractivity contribution in [1.82, 2.24) is 20.8 Å². The Balaban J connectivity index is 1.34. The van der Waals surface area contributed by atoms with Gasteiger partial charge in [-0.3, -0.25) is 15.6 Å². The molecule has 28 heavy (non-hydrogen) atoms. The monoisotopic (exact) mass is 412 g/mol. The lowest BCUT2D eigenvalue weighted by Crippen LogP contribution is -2.45. The second kappa shape index (κ2) is 8.49. The molecular weight excluding hydrogens is 392 g/mol. The number of hydrogen-bond donors (Lipinski definition) is 4. The summed E-state index contributed by atoms with van der Waals surface area (Å²) >= 11 is 6.91. The molecule has 2 aromatic heterocycles. The number of hydrazine groups is 1. The van der Waals surface area contributed by atoms with Crippen LogP contribution < -0.4 is 21.5 Å². The quantitative estimate of drug-likeness (QED) is 0.387. The molecule has 0 saturated heterocycles. The van der Waals surface area contributed by atoms with Crippen LogP contribution in [0.3, 0.4) is 0 Å². The molecule has 0 fully saturated rings. The fourth-order valence-corrected chi connectivity index (χ4v) is 4.64. The van der Waals surface area contributed by atoms with E-state index in [1.54, 1.807) is 17.7 Å². The summed E-state index contributed by atoms with van der Waals surface area (Å²) in [5, 5.41) is 7.50. The van der Waals surface area contributed by atoms with Gasteiger partial charge in [0.15, 0.2) is 5.11 Å². The SMILES string of the molecule is O=C(CNc1ncnc2sc3c(c12)CCCC3)NNC(=S)Nc1ccccc1. The molecule has 9 heteroatoms. The van der Waals surface area contributed by atoms with E-state index in [0.717, 1.165) is 28.7 Å². The minimum atomic E-state index is -0.243. The highest BCUT2D eigenvalue weighted by Gasteiger charge is 2.20. The number of aryl methyl sites for hydroxylation is 2. The van der Waals surface area contributed by atoms with Crippen molar-refractivity contribution in [2.24, 2.45) is 0 Å². The van der Waals surface area contributed by atoms with Crippen LogP contribution in [0.4, 0.5) is 11.5 Å². The molecule has 0 aliphatic heterocycles. The summed E-state index contributed by atoms with van der Waals surface area (Å²) in [5.41, 5.74) is 7.46. The van der Waals surface area contributed by atoms with E-state index in [2.05, 4.69) is 31.5 Å². The fourth-order valence-electron chi connectivity index (χ4n) is 3.24. The normalized spacial score (nSPS) is 12.9. The first-order chi connectivity index (χ1) is 13.7. The third kappa shape index (κ3) is 4.20. The van der Waals surface area contributed by atoms with Crippen LogP contribution in [0.5, 0.6) is 0 Å². The number of carbonyl (C=O) groups is 1. The average molecular weight is 413 g/mol. The van der Waals surface area contributed by atoms with Gasteiger partial charge in [-0.15, -0.1) is 11.3 Å². The minimum Gasteiger partial charge on any atom is -0.360 e. The molecule has 1 aliphatic carbocycles. The van der Waals surface area contributed by atoms with Crippen molar-refractivity contribution in [3.63, 3.8) is 0 Å². The molecule has 2 heterocycles. The maximum Gasteiger partial charge on any atom is 0.257 e. The number of fused-ring (bicyclic) bond motifs is 3. The molecule has 4 N–H and O–H groups in total. The molecule has 0 bridgehead atoms. The molecule has 0 spiro atoms. The highest BCUT2D eigenvalue weighted by molar-refractivity contribution is 7.80. The zero-order valence-electron chi connectivity index (χ0n) is 15.1. The molecule has 1 amide bonds. The minimum absolute atomic E-state index is 0.0810. The summed E-state index contributed by atoms with van der Waals surface area (Å²) in [7, 11) is 0. The van der Waals surface area contributed by atoms with E-state index in [9.17, 15) is 4.79 Å². The van der Waals surface area contributed by atoms with Gasteiger partial charge >= 0.3 is 0 Å². The fraction of sp³-hybridized carbons (Fsp3) is 0.263. The van der Waals surface area contributed by atoms with E-state index >= 15 is 0 Å². The van der Waals surface area contributed by atoms with Crippen LogP contribution in [0, 0.1) is 0 Å². The van der Waals surface area contributed by atoms with Gasteiger partial charge in [-0.1, -0.05) is 18.2 Å². The number of anilines is 2. The van der Waals surface area contributed by atoms with Gasteiger partial charge in [0.2, 0.25) is 0 Å². The number of thiocarbonyl (C=S) groups is 1. The second-order valence-electron chi connectivity index (χ2n) is 6.46. The number of nitrogens with zero attached hydrogens (tertiary/aromatic N) is 2. The summed E-state index contributed by atoms with van der Waals surface area (Å²) < 4.78 is 0. The summed E-state index contributed by atoms with van der Waals surface area (Å²) in [6.07, 6.45) is 6.10. The van der Waals surface area contributed by atoms with Crippen LogP contribution in [-0.2, 0) is 17.6 Å². The zero-order valence-corrected chi connectivity index (χ0v) is 16.8. The van der Waals surface area contributed by atoms with Crippen molar-refractivity contribution >= 4 is 56.3 Å². The molecule has 4 rings (SSSR count). The van der Waals surface area contributed by atoms with Crippen molar-refractivity contribution in [2.45, 2.75) is 25.7 Å². The molecule has 3 aromatic rings. The first-order valence-electron chi connectivity index (χ1n) is 9.11. The summed E-state index contributed by atoms with van der Waals surface area (Å²) in [5.74, 6) is 0.470. The van der Waals surface area contributed by atoms with Gasteiger partial charge in [0.1, 0.15) is 17.0 Å².